The molecule has 0 saturated carbocycles. The highest BCUT2D eigenvalue weighted by Gasteiger charge is 2.17. The van der Waals surface area contributed by atoms with Crippen molar-refractivity contribution in [3.8, 4) is 0 Å². The number of thiol groups is 1. The van der Waals surface area contributed by atoms with Crippen LogP contribution in [0.25, 0.3) is 0 Å². The molecule has 1 aromatic rings. The third-order valence-corrected chi connectivity index (χ3v) is 6.15. The summed E-state index contributed by atoms with van der Waals surface area (Å²) in [5.74, 6) is 0. The van der Waals surface area contributed by atoms with Crippen LogP contribution >= 0.6 is 35.2 Å². The van der Waals surface area contributed by atoms with Crippen molar-refractivity contribution in [2.24, 2.45) is 0 Å². The summed E-state index contributed by atoms with van der Waals surface area (Å²) >= 11 is 7.13. The summed E-state index contributed by atoms with van der Waals surface area (Å²) in [6.07, 6.45) is 0. The van der Waals surface area contributed by atoms with Gasteiger partial charge in [-0.3, -0.25) is 4.90 Å². The molecule has 0 radical (unpaired) electrons. The van der Waals surface area contributed by atoms with Gasteiger partial charge in [-0.15, -0.1) is 12.6 Å². The molecule has 100 valence electrons. The SMILES string of the molecule is Cc1c(S)c(C)c(CN2CCNCC2)c(C)c1I. The molecule has 1 saturated heterocycles. The quantitative estimate of drug-likeness (QED) is 0.610. The van der Waals surface area contributed by atoms with Gasteiger partial charge in [-0.25, -0.2) is 0 Å². The fraction of sp³-hybridized carbons (Fsp3) is 0.571. The first-order chi connectivity index (χ1) is 8.52. The summed E-state index contributed by atoms with van der Waals surface area (Å²) in [5.41, 5.74) is 5.57. The minimum Gasteiger partial charge on any atom is -0.314 e. The Labute approximate surface area is 129 Å². The predicted molar refractivity (Wildman–Crippen MR) is 88.8 cm³/mol. The van der Waals surface area contributed by atoms with E-state index in [1.54, 1.807) is 0 Å². The van der Waals surface area contributed by atoms with Crippen molar-refractivity contribution in [3.05, 3.63) is 25.8 Å². The summed E-state index contributed by atoms with van der Waals surface area (Å²) in [6, 6.07) is 0. The smallest absolute Gasteiger partial charge is 0.0240 e. The monoisotopic (exact) mass is 376 g/mol. The van der Waals surface area contributed by atoms with Crippen molar-refractivity contribution in [2.75, 3.05) is 26.2 Å². The normalized spacial score (nSPS) is 17.2. The molecule has 1 aliphatic rings. The number of halogens is 1. The number of rotatable bonds is 2. The summed E-state index contributed by atoms with van der Waals surface area (Å²) in [6.45, 7) is 12.2. The molecular formula is C14H21IN2S. The van der Waals surface area contributed by atoms with Gasteiger partial charge in [-0.1, -0.05) is 0 Å². The first kappa shape index (κ1) is 14.6. The first-order valence-corrected chi connectivity index (χ1v) is 7.95. The van der Waals surface area contributed by atoms with Gasteiger partial charge in [0.2, 0.25) is 0 Å². The molecule has 0 aliphatic carbocycles. The predicted octanol–water partition coefficient (Wildman–Crippen LogP) is 2.91. The third-order valence-electron chi connectivity index (χ3n) is 3.87. The van der Waals surface area contributed by atoms with Crippen LogP contribution in [0.1, 0.15) is 22.3 Å². The molecule has 2 nitrogen and oxygen atoms in total. The van der Waals surface area contributed by atoms with Gasteiger partial charge in [0, 0.05) is 41.2 Å². The van der Waals surface area contributed by atoms with Crippen LogP contribution in [0.5, 0.6) is 0 Å². The number of hydrogen-bond acceptors (Lipinski definition) is 3. The van der Waals surface area contributed by atoms with Crippen molar-refractivity contribution in [2.45, 2.75) is 32.2 Å². The van der Waals surface area contributed by atoms with Crippen molar-refractivity contribution < 1.29 is 0 Å². The summed E-state index contributed by atoms with van der Waals surface area (Å²) < 4.78 is 1.37. The van der Waals surface area contributed by atoms with Gasteiger partial charge in [0.1, 0.15) is 0 Å². The van der Waals surface area contributed by atoms with Crippen LogP contribution in [0.3, 0.4) is 0 Å². The maximum Gasteiger partial charge on any atom is 0.0240 e. The Morgan fingerprint density at radius 2 is 1.72 bits per heavy atom. The molecule has 1 aromatic carbocycles. The van der Waals surface area contributed by atoms with Crippen molar-refractivity contribution >= 4 is 35.2 Å². The molecule has 0 amide bonds. The van der Waals surface area contributed by atoms with Crippen LogP contribution in [0.15, 0.2) is 4.90 Å². The molecule has 2 rings (SSSR count). The Balaban J connectivity index is 2.32. The molecule has 18 heavy (non-hydrogen) atoms. The van der Waals surface area contributed by atoms with Crippen LogP contribution in [-0.2, 0) is 6.54 Å². The number of nitrogens with one attached hydrogen (secondary N) is 1. The van der Waals surface area contributed by atoms with E-state index in [0.29, 0.717) is 0 Å². The Hall–Kier alpha value is 0.220. The molecule has 0 atom stereocenters. The van der Waals surface area contributed by atoms with E-state index in [4.69, 9.17) is 0 Å². The molecule has 1 fully saturated rings. The number of piperazine rings is 1. The summed E-state index contributed by atoms with van der Waals surface area (Å²) in [7, 11) is 0. The van der Waals surface area contributed by atoms with E-state index in [0.717, 1.165) is 37.6 Å². The number of hydrogen-bond donors (Lipinski definition) is 2. The second-order valence-electron chi connectivity index (χ2n) is 5.04. The van der Waals surface area contributed by atoms with Gasteiger partial charge in [-0.05, 0) is 65.6 Å². The first-order valence-electron chi connectivity index (χ1n) is 6.42. The van der Waals surface area contributed by atoms with Crippen molar-refractivity contribution in [3.63, 3.8) is 0 Å². The summed E-state index contributed by atoms with van der Waals surface area (Å²) in [5, 5.41) is 3.40. The fourth-order valence-electron chi connectivity index (χ4n) is 2.55. The number of benzene rings is 1. The van der Waals surface area contributed by atoms with E-state index < -0.39 is 0 Å². The zero-order valence-corrected chi connectivity index (χ0v) is 14.4. The maximum atomic E-state index is 4.68. The minimum atomic E-state index is 1.06. The highest BCUT2D eigenvalue weighted by atomic mass is 127. The van der Waals surface area contributed by atoms with Gasteiger partial charge in [0.25, 0.3) is 0 Å². The zero-order chi connectivity index (χ0) is 13.3. The summed E-state index contributed by atoms with van der Waals surface area (Å²) in [4.78, 5) is 3.69. The van der Waals surface area contributed by atoms with Crippen LogP contribution in [0.2, 0.25) is 0 Å². The standard InChI is InChI=1S/C14H21IN2S/c1-9-12(8-17-6-4-16-5-7-17)10(2)14(18)11(3)13(9)15/h16,18H,4-8H2,1-3H3. The lowest BCUT2D eigenvalue weighted by molar-refractivity contribution is 0.232. The molecule has 1 aliphatic heterocycles. The molecule has 0 aromatic heterocycles. The lowest BCUT2D eigenvalue weighted by atomic mass is 9.99. The molecular weight excluding hydrogens is 355 g/mol. The lowest BCUT2D eigenvalue weighted by Gasteiger charge is -2.29. The molecule has 4 heteroatoms. The zero-order valence-electron chi connectivity index (χ0n) is 11.3. The molecule has 1 N–H and O–H groups in total. The van der Waals surface area contributed by atoms with Crippen molar-refractivity contribution in [1.82, 2.24) is 10.2 Å². The lowest BCUT2D eigenvalue weighted by Crippen LogP contribution is -2.43. The van der Waals surface area contributed by atoms with E-state index in [1.807, 2.05) is 0 Å². The van der Waals surface area contributed by atoms with Gasteiger partial charge in [-0.2, -0.15) is 0 Å². The Morgan fingerprint density at radius 1 is 1.11 bits per heavy atom. The minimum absolute atomic E-state index is 1.06. The van der Waals surface area contributed by atoms with Gasteiger partial charge < -0.3 is 5.32 Å². The average molecular weight is 376 g/mol. The van der Waals surface area contributed by atoms with Gasteiger partial charge >= 0.3 is 0 Å². The van der Waals surface area contributed by atoms with E-state index in [9.17, 15) is 0 Å². The maximum absolute atomic E-state index is 4.68. The van der Waals surface area contributed by atoms with E-state index in [-0.39, 0.29) is 0 Å². The second-order valence-corrected chi connectivity index (χ2v) is 6.57. The van der Waals surface area contributed by atoms with Gasteiger partial charge in [0.15, 0.2) is 0 Å². The highest BCUT2D eigenvalue weighted by molar-refractivity contribution is 14.1. The average Bonchev–Trinajstić information content (AvgIpc) is 2.40. The Bertz CT molecular complexity index is 425. The van der Waals surface area contributed by atoms with Crippen molar-refractivity contribution in [1.29, 1.82) is 0 Å². The van der Waals surface area contributed by atoms with Crippen LogP contribution in [-0.4, -0.2) is 31.1 Å². The molecule has 0 bridgehead atoms. The molecule has 1 heterocycles. The fourth-order valence-corrected chi connectivity index (χ4v) is 3.61. The number of nitrogens with zero attached hydrogens (tertiary/aromatic N) is 1. The molecule has 0 spiro atoms. The third kappa shape index (κ3) is 2.86. The molecule has 0 unspecified atom stereocenters. The van der Waals surface area contributed by atoms with Crippen LogP contribution in [0, 0.1) is 24.3 Å². The second kappa shape index (κ2) is 6.11. The van der Waals surface area contributed by atoms with Crippen LogP contribution in [0.4, 0.5) is 0 Å². The van der Waals surface area contributed by atoms with E-state index in [1.165, 1.54) is 25.8 Å². The largest absolute Gasteiger partial charge is 0.314 e. The van der Waals surface area contributed by atoms with E-state index >= 15 is 0 Å². The Kier molecular flexibility index (Phi) is 4.97. The van der Waals surface area contributed by atoms with E-state index in [2.05, 4.69) is 66.2 Å². The van der Waals surface area contributed by atoms with Crippen LogP contribution < -0.4 is 5.32 Å². The topological polar surface area (TPSA) is 15.3 Å². The van der Waals surface area contributed by atoms with Gasteiger partial charge in [0.05, 0.1) is 0 Å². The highest BCUT2D eigenvalue weighted by Crippen LogP contribution is 2.31. The Morgan fingerprint density at radius 3 is 2.33 bits per heavy atom.